The molecule has 1 saturated heterocycles. The van der Waals surface area contributed by atoms with Crippen molar-refractivity contribution in [3.63, 3.8) is 0 Å². The number of carboxylic acids is 1. The van der Waals surface area contributed by atoms with E-state index < -0.39 is 15.8 Å². The molecule has 1 aromatic rings. The molecule has 0 bridgehead atoms. The molecule has 1 aliphatic heterocycles. The van der Waals surface area contributed by atoms with Gasteiger partial charge in [0, 0.05) is 19.6 Å². The van der Waals surface area contributed by atoms with Crippen molar-refractivity contribution < 1.29 is 18.3 Å². The Balaban J connectivity index is 1.07. The zero-order valence-electron chi connectivity index (χ0n) is 33.2. The number of rotatable bonds is 10. The van der Waals surface area contributed by atoms with Crippen LogP contribution < -0.4 is 5.32 Å². The molecule has 0 aromatic heterocycles. The lowest BCUT2D eigenvalue weighted by Crippen LogP contribution is -2.65. The maximum Gasteiger partial charge on any atom is 0.335 e. The summed E-state index contributed by atoms with van der Waals surface area (Å²) >= 11 is 0. The predicted octanol–water partition coefficient (Wildman–Crippen LogP) is 9.14. The number of allylic oxidation sites excluding steroid dienone is 3. The number of aromatic carboxylic acids is 1. The number of benzene rings is 1. The van der Waals surface area contributed by atoms with Gasteiger partial charge in [-0.1, -0.05) is 65.0 Å². The van der Waals surface area contributed by atoms with Gasteiger partial charge in [0.25, 0.3) is 0 Å². The monoisotopic (exact) mass is 732 g/mol. The molecule has 5 fully saturated rings. The maximum absolute atomic E-state index is 11.8. The number of unbranched alkanes of at least 4 members (excludes halogenated alkanes) is 1. The largest absolute Gasteiger partial charge is 0.478 e. The van der Waals surface area contributed by atoms with Gasteiger partial charge < -0.3 is 15.3 Å². The number of hydrogen-bond donors (Lipinski definition) is 2. The van der Waals surface area contributed by atoms with Crippen LogP contribution in [0, 0.1) is 56.7 Å². The molecule has 9 atom stereocenters. The first-order valence-corrected chi connectivity index (χ1v) is 22.6. The highest BCUT2D eigenvalue weighted by molar-refractivity contribution is 7.91. The third-order valence-electron chi connectivity index (χ3n) is 17.3. The van der Waals surface area contributed by atoms with Crippen molar-refractivity contribution in [3.05, 3.63) is 53.6 Å². The summed E-state index contributed by atoms with van der Waals surface area (Å²) in [6.07, 6.45) is 16.5. The lowest BCUT2D eigenvalue weighted by atomic mass is 9.32. The smallest absolute Gasteiger partial charge is 0.335 e. The first kappa shape index (κ1) is 38.3. The molecule has 0 amide bonds. The summed E-state index contributed by atoms with van der Waals surface area (Å²) in [6.45, 7) is 24.6. The normalized spacial score (nSPS) is 40.8. The molecule has 9 unspecified atom stereocenters. The van der Waals surface area contributed by atoms with Gasteiger partial charge in [-0.25, -0.2) is 13.2 Å². The van der Waals surface area contributed by atoms with E-state index in [1.54, 1.807) is 12.1 Å². The minimum Gasteiger partial charge on any atom is -0.478 e. The number of fused-ring (bicyclic) bond motifs is 7. The highest BCUT2D eigenvalue weighted by Gasteiger charge is 2.70. The molecule has 0 spiro atoms. The number of nitrogens with zero attached hydrogens (tertiary/aromatic N) is 1. The molecule has 1 aromatic carbocycles. The van der Waals surface area contributed by atoms with Gasteiger partial charge in [0.15, 0.2) is 9.84 Å². The van der Waals surface area contributed by atoms with E-state index in [0.29, 0.717) is 70.1 Å². The summed E-state index contributed by atoms with van der Waals surface area (Å²) in [6, 6.07) is 7.62. The molecular formula is C45H68N2O4S. The van der Waals surface area contributed by atoms with Gasteiger partial charge in [0.1, 0.15) is 0 Å². The number of carbonyl (C=O) groups is 1. The second-order valence-electron chi connectivity index (χ2n) is 19.9. The maximum atomic E-state index is 11.8. The Kier molecular flexibility index (Phi) is 10.1. The van der Waals surface area contributed by atoms with Crippen molar-refractivity contribution in [1.29, 1.82) is 0 Å². The molecule has 7 heteroatoms. The second-order valence-corrected chi connectivity index (χ2v) is 22.2. The molecule has 7 rings (SSSR count). The number of nitrogens with one attached hydrogen (secondary N) is 1. The van der Waals surface area contributed by atoms with Crippen LogP contribution in [0.5, 0.6) is 0 Å². The van der Waals surface area contributed by atoms with Crippen molar-refractivity contribution in [2.45, 2.75) is 112 Å². The Hall–Kier alpha value is -1.96. The zero-order chi connectivity index (χ0) is 37.3. The molecule has 6 nitrogen and oxygen atoms in total. The van der Waals surface area contributed by atoms with E-state index in [0.717, 1.165) is 44.8 Å². The number of hydrogen-bond acceptors (Lipinski definition) is 5. The number of sulfone groups is 1. The first-order valence-electron chi connectivity index (χ1n) is 20.8. The SMILES string of the molecule is C=C(C)C1CCC2(CNCCCCN3CCS(=O)(=O)CC3)CCC3(C)C(CCC4C5(C)CC=C(c6ccc(C(=O)O)cc6)C(C)(C)C5CCC43C)C12. The fourth-order valence-corrected chi connectivity index (χ4v) is 15.7. The molecule has 0 radical (unpaired) electrons. The highest BCUT2D eigenvalue weighted by Crippen LogP contribution is 2.77. The van der Waals surface area contributed by atoms with Crippen LogP contribution in [0.25, 0.3) is 5.57 Å². The van der Waals surface area contributed by atoms with Crippen LogP contribution in [0.4, 0.5) is 0 Å². The summed E-state index contributed by atoms with van der Waals surface area (Å²) in [5.74, 6) is 3.14. The second kappa shape index (κ2) is 13.7. The van der Waals surface area contributed by atoms with Crippen molar-refractivity contribution in [1.82, 2.24) is 10.2 Å². The van der Waals surface area contributed by atoms with Crippen LogP contribution in [0.15, 0.2) is 42.5 Å². The van der Waals surface area contributed by atoms with Crippen LogP contribution in [-0.2, 0) is 9.84 Å². The fraction of sp³-hybridized carbons (Fsp3) is 0.756. The molecule has 5 aliphatic carbocycles. The predicted molar refractivity (Wildman–Crippen MR) is 213 cm³/mol. The lowest BCUT2D eigenvalue weighted by molar-refractivity contribution is -0.225. The van der Waals surface area contributed by atoms with Gasteiger partial charge in [-0.15, -0.1) is 0 Å². The average molecular weight is 733 g/mol. The molecular weight excluding hydrogens is 665 g/mol. The molecule has 1 heterocycles. The third kappa shape index (κ3) is 6.19. The lowest BCUT2D eigenvalue weighted by Gasteiger charge is -2.72. The van der Waals surface area contributed by atoms with E-state index >= 15 is 0 Å². The summed E-state index contributed by atoms with van der Waals surface area (Å²) in [5.41, 5.74) is 5.61. The van der Waals surface area contributed by atoms with Crippen molar-refractivity contribution in [2.75, 3.05) is 44.2 Å². The molecule has 4 saturated carbocycles. The Morgan fingerprint density at radius 2 is 1.62 bits per heavy atom. The molecule has 2 N–H and O–H groups in total. The minimum absolute atomic E-state index is 0.0230. The standard InChI is InChI=1S/C45H68N2O4S/c1-31(2)34-16-21-45(30-46-24-8-9-25-47-26-28-52(50,51)29-27-47)23-22-43(6)36(39(34)45)14-15-38-42(5)19-17-35(32-10-12-33(13-11-32)40(48)49)41(3,4)37(42)18-20-44(38,43)7/h10-13,17,34,36-39,46H,1,8-9,14-16,18-30H2,2-7H3,(H,48,49). The highest BCUT2D eigenvalue weighted by atomic mass is 32.2. The molecule has 288 valence electrons. The molecule has 6 aliphatic rings. The summed E-state index contributed by atoms with van der Waals surface area (Å²) in [5, 5.41) is 13.5. The van der Waals surface area contributed by atoms with E-state index in [9.17, 15) is 18.3 Å². The van der Waals surface area contributed by atoms with Gasteiger partial charge in [-0.2, -0.15) is 0 Å². The van der Waals surface area contributed by atoms with Gasteiger partial charge in [0.2, 0.25) is 0 Å². The van der Waals surface area contributed by atoms with Crippen LogP contribution in [0.1, 0.15) is 128 Å². The van der Waals surface area contributed by atoms with Gasteiger partial charge in [-0.05, 0) is 171 Å². The Morgan fingerprint density at radius 1 is 0.904 bits per heavy atom. The van der Waals surface area contributed by atoms with Gasteiger partial charge in [-0.3, -0.25) is 0 Å². The van der Waals surface area contributed by atoms with E-state index in [4.69, 9.17) is 0 Å². The van der Waals surface area contributed by atoms with E-state index in [2.05, 4.69) is 64.4 Å². The Bertz CT molecular complexity index is 1670. The van der Waals surface area contributed by atoms with Crippen LogP contribution >= 0.6 is 0 Å². The quantitative estimate of drug-likeness (QED) is 0.184. The first-order chi connectivity index (χ1) is 24.5. The minimum atomic E-state index is -2.82. The fourth-order valence-electron chi connectivity index (χ4n) is 14.4. The van der Waals surface area contributed by atoms with E-state index in [-0.39, 0.29) is 10.8 Å². The summed E-state index contributed by atoms with van der Waals surface area (Å²) in [4.78, 5) is 13.9. The van der Waals surface area contributed by atoms with Gasteiger partial charge >= 0.3 is 5.97 Å². The Labute approximate surface area is 315 Å². The van der Waals surface area contributed by atoms with Gasteiger partial charge in [0.05, 0.1) is 17.1 Å². The van der Waals surface area contributed by atoms with Crippen molar-refractivity contribution in [2.24, 2.45) is 56.7 Å². The average Bonchev–Trinajstić information content (AvgIpc) is 3.47. The van der Waals surface area contributed by atoms with Crippen LogP contribution in [0.3, 0.4) is 0 Å². The molecule has 52 heavy (non-hydrogen) atoms. The zero-order valence-corrected chi connectivity index (χ0v) is 34.1. The van der Waals surface area contributed by atoms with Crippen molar-refractivity contribution in [3.8, 4) is 0 Å². The topological polar surface area (TPSA) is 86.7 Å². The van der Waals surface area contributed by atoms with Crippen molar-refractivity contribution >= 4 is 21.4 Å². The summed E-state index contributed by atoms with van der Waals surface area (Å²) < 4.78 is 23.7. The summed E-state index contributed by atoms with van der Waals surface area (Å²) in [7, 11) is -2.82. The number of carboxylic acid groups (broad SMARTS) is 1. The van der Waals surface area contributed by atoms with Crippen LogP contribution in [-0.4, -0.2) is 68.6 Å². The Morgan fingerprint density at radius 3 is 2.29 bits per heavy atom. The van der Waals surface area contributed by atoms with E-state index in [1.807, 2.05) is 12.1 Å². The van der Waals surface area contributed by atoms with E-state index in [1.165, 1.54) is 68.1 Å². The third-order valence-corrected chi connectivity index (χ3v) is 18.9. The van der Waals surface area contributed by atoms with Crippen LogP contribution in [0.2, 0.25) is 0 Å².